The van der Waals surface area contributed by atoms with Gasteiger partial charge in [0.05, 0.1) is 6.26 Å². The van der Waals surface area contributed by atoms with Crippen molar-refractivity contribution in [2.45, 2.75) is 32.2 Å². The molecule has 2 unspecified atom stereocenters. The lowest BCUT2D eigenvalue weighted by Gasteiger charge is -2.34. The molecule has 0 aromatic carbocycles. The Labute approximate surface area is 104 Å². The van der Waals surface area contributed by atoms with Crippen molar-refractivity contribution in [1.82, 2.24) is 10.2 Å². The van der Waals surface area contributed by atoms with E-state index in [4.69, 9.17) is 4.42 Å². The zero-order valence-electron chi connectivity index (χ0n) is 11.0. The van der Waals surface area contributed by atoms with Crippen molar-refractivity contribution in [2.24, 2.45) is 5.92 Å². The summed E-state index contributed by atoms with van der Waals surface area (Å²) in [5.74, 6) is 1.87. The summed E-state index contributed by atoms with van der Waals surface area (Å²) in [6.07, 6.45) is 5.43. The third kappa shape index (κ3) is 3.86. The average Bonchev–Trinajstić information content (AvgIpc) is 2.82. The summed E-state index contributed by atoms with van der Waals surface area (Å²) < 4.78 is 5.33. The van der Waals surface area contributed by atoms with Crippen LogP contribution in [0.15, 0.2) is 22.8 Å². The highest BCUT2D eigenvalue weighted by atomic mass is 16.3. The van der Waals surface area contributed by atoms with Gasteiger partial charge in [0, 0.05) is 25.6 Å². The second-order valence-electron chi connectivity index (χ2n) is 5.24. The molecule has 96 valence electrons. The Morgan fingerprint density at radius 1 is 1.59 bits per heavy atom. The van der Waals surface area contributed by atoms with Crippen molar-refractivity contribution in [2.75, 3.05) is 26.7 Å². The van der Waals surface area contributed by atoms with Crippen LogP contribution < -0.4 is 5.32 Å². The molecule has 1 aliphatic heterocycles. The highest BCUT2D eigenvalue weighted by Crippen LogP contribution is 2.18. The van der Waals surface area contributed by atoms with Crippen LogP contribution in [-0.4, -0.2) is 37.6 Å². The molecule has 1 fully saturated rings. The summed E-state index contributed by atoms with van der Waals surface area (Å²) in [6, 6.07) is 4.60. The fraction of sp³-hybridized carbons (Fsp3) is 0.714. The summed E-state index contributed by atoms with van der Waals surface area (Å²) in [7, 11) is 2.22. The first-order valence-electron chi connectivity index (χ1n) is 6.70. The van der Waals surface area contributed by atoms with E-state index in [1.165, 1.54) is 25.9 Å². The van der Waals surface area contributed by atoms with E-state index in [0.29, 0.717) is 6.04 Å². The van der Waals surface area contributed by atoms with Crippen LogP contribution in [0.3, 0.4) is 0 Å². The normalized spacial score (nSPS) is 23.8. The van der Waals surface area contributed by atoms with Gasteiger partial charge in [-0.3, -0.25) is 0 Å². The number of piperidine rings is 1. The Morgan fingerprint density at radius 3 is 3.18 bits per heavy atom. The van der Waals surface area contributed by atoms with Gasteiger partial charge in [0.25, 0.3) is 0 Å². The standard InChI is InChI=1S/C14H24N2O/c1-12(13-5-3-9-16(2)11-13)15-8-7-14-6-4-10-17-14/h4,6,10,12-13,15H,3,5,7-9,11H2,1-2H3. The molecule has 1 aromatic heterocycles. The van der Waals surface area contributed by atoms with Crippen molar-refractivity contribution in [1.29, 1.82) is 0 Å². The van der Waals surface area contributed by atoms with Gasteiger partial charge in [0.2, 0.25) is 0 Å². The Balaban J connectivity index is 1.68. The van der Waals surface area contributed by atoms with E-state index in [2.05, 4.69) is 24.2 Å². The molecule has 3 heteroatoms. The van der Waals surface area contributed by atoms with Crippen molar-refractivity contribution in [3.05, 3.63) is 24.2 Å². The van der Waals surface area contributed by atoms with Crippen LogP contribution in [0.4, 0.5) is 0 Å². The molecule has 3 nitrogen and oxygen atoms in total. The Bertz CT molecular complexity index is 310. The number of hydrogen-bond donors (Lipinski definition) is 1. The van der Waals surface area contributed by atoms with Gasteiger partial charge < -0.3 is 14.6 Å². The van der Waals surface area contributed by atoms with Crippen molar-refractivity contribution < 1.29 is 4.42 Å². The first-order chi connectivity index (χ1) is 8.25. The molecule has 1 aromatic rings. The molecule has 1 saturated heterocycles. The largest absolute Gasteiger partial charge is 0.469 e. The quantitative estimate of drug-likeness (QED) is 0.849. The molecule has 0 aliphatic carbocycles. The summed E-state index contributed by atoms with van der Waals surface area (Å²) >= 11 is 0. The van der Waals surface area contributed by atoms with Crippen LogP contribution in [0, 0.1) is 5.92 Å². The molecule has 0 radical (unpaired) electrons. The minimum Gasteiger partial charge on any atom is -0.469 e. The van der Waals surface area contributed by atoms with Crippen LogP contribution in [0.2, 0.25) is 0 Å². The lowest BCUT2D eigenvalue weighted by atomic mass is 9.92. The molecule has 0 spiro atoms. The third-order valence-corrected chi connectivity index (χ3v) is 3.79. The Kier molecular flexibility index (Phi) is 4.63. The zero-order valence-corrected chi connectivity index (χ0v) is 11.0. The van der Waals surface area contributed by atoms with Gasteiger partial charge in [0.15, 0.2) is 0 Å². The average molecular weight is 236 g/mol. The Hall–Kier alpha value is -0.800. The van der Waals surface area contributed by atoms with Gasteiger partial charge in [-0.25, -0.2) is 0 Å². The monoisotopic (exact) mass is 236 g/mol. The fourth-order valence-electron chi connectivity index (χ4n) is 2.66. The van der Waals surface area contributed by atoms with E-state index in [0.717, 1.165) is 24.6 Å². The molecule has 2 heterocycles. The van der Waals surface area contributed by atoms with Gasteiger partial charge in [-0.1, -0.05) is 0 Å². The van der Waals surface area contributed by atoms with Crippen molar-refractivity contribution >= 4 is 0 Å². The molecule has 1 aliphatic rings. The molecule has 0 bridgehead atoms. The molecule has 2 rings (SSSR count). The molecular formula is C14H24N2O. The predicted molar refractivity (Wildman–Crippen MR) is 70.1 cm³/mol. The summed E-state index contributed by atoms with van der Waals surface area (Å²) in [4.78, 5) is 2.44. The summed E-state index contributed by atoms with van der Waals surface area (Å²) in [5, 5.41) is 3.62. The smallest absolute Gasteiger partial charge is 0.105 e. The van der Waals surface area contributed by atoms with E-state index in [-0.39, 0.29) is 0 Å². The second kappa shape index (κ2) is 6.22. The van der Waals surface area contributed by atoms with E-state index in [1.54, 1.807) is 6.26 Å². The van der Waals surface area contributed by atoms with E-state index in [1.807, 2.05) is 12.1 Å². The van der Waals surface area contributed by atoms with Gasteiger partial charge in [-0.2, -0.15) is 0 Å². The van der Waals surface area contributed by atoms with Crippen LogP contribution >= 0.6 is 0 Å². The Morgan fingerprint density at radius 2 is 2.47 bits per heavy atom. The van der Waals surface area contributed by atoms with E-state index in [9.17, 15) is 0 Å². The van der Waals surface area contributed by atoms with Gasteiger partial charge in [0.1, 0.15) is 5.76 Å². The number of nitrogens with one attached hydrogen (secondary N) is 1. The molecule has 17 heavy (non-hydrogen) atoms. The lowest BCUT2D eigenvalue weighted by Crippen LogP contribution is -2.43. The van der Waals surface area contributed by atoms with Crippen LogP contribution in [0.5, 0.6) is 0 Å². The van der Waals surface area contributed by atoms with Gasteiger partial charge >= 0.3 is 0 Å². The number of likely N-dealkylation sites (tertiary alicyclic amines) is 1. The summed E-state index contributed by atoms with van der Waals surface area (Å²) in [5.41, 5.74) is 0. The SMILES string of the molecule is CC(NCCc1ccco1)C1CCCN(C)C1. The first kappa shape index (κ1) is 12.7. The molecule has 0 amide bonds. The topological polar surface area (TPSA) is 28.4 Å². The number of furan rings is 1. The second-order valence-corrected chi connectivity index (χ2v) is 5.24. The van der Waals surface area contributed by atoms with Crippen LogP contribution in [0.1, 0.15) is 25.5 Å². The number of nitrogens with zero attached hydrogens (tertiary/aromatic N) is 1. The molecule has 0 saturated carbocycles. The minimum absolute atomic E-state index is 0.604. The van der Waals surface area contributed by atoms with E-state index >= 15 is 0 Å². The van der Waals surface area contributed by atoms with Gasteiger partial charge in [-0.15, -0.1) is 0 Å². The maximum absolute atomic E-state index is 5.33. The maximum atomic E-state index is 5.33. The molecular weight excluding hydrogens is 212 g/mol. The zero-order chi connectivity index (χ0) is 12.1. The number of hydrogen-bond acceptors (Lipinski definition) is 3. The highest BCUT2D eigenvalue weighted by molar-refractivity contribution is 4.98. The highest BCUT2D eigenvalue weighted by Gasteiger charge is 2.22. The van der Waals surface area contributed by atoms with Crippen LogP contribution in [0.25, 0.3) is 0 Å². The van der Waals surface area contributed by atoms with Crippen LogP contribution in [-0.2, 0) is 6.42 Å². The fourth-order valence-corrected chi connectivity index (χ4v) is 2.66. The minimum atomic E-state index is 0.604. The predicted octanol–water partition coefficient (Wildman–Crippen LogP) is 2.14. The number of rotatable bonds is 5. The lowest BCUT2D eigenvalue weighted by molar-refractivity contribution is 0.179. The third-order valence-electron chi connectivity index (χ3n) is 3.79. The maximum Gasteiger partial charge on any atom is 0.105 e. The van der Waals surface area contributed by atoms with Crippen molar-refractivity contribution in [3.8, 4) is 0 Å². The van der Waals surface area contributed by atoms with E-state index < -0.39 is 0 Å². The first-order valence-corrected chi connectivity index (χ1v) is 6.70. The molecule has 2 atom stereocenters. The summed E-state index contributed by atoms with van der Waals surface area (Å²) in [6.45, 7) is 5.81. The molecule has 1 N–H and O–H groups in total. The van der Waals surface area contributed by atoms with Crippen molar-refractivity contribution in [3.63, 3.8) is 0 Å². The van der Waals surface area contributed by atoms with Gasteiger partial charge in [-0.05, 0) is 51.4 Å².